The van der Waals surface area contributed by atoms with Crippen LogP contribution in [0.5, 0.6) is 0 Å². The molecule has 0 amide bonds. The Morgan fingerprint density at radius 2 is 1.57 bits per heavy atom. The van der Waals surface area contributed by atoms with E-state index >= 15 is 0 Å². The Balaban J connectivity index is 2.09. The van der Waals surface area contributed by atoms with Gasteiger partial charge in [-0.3, -0.25) is 20.4 Å². The summed E-state index contributed by atoms with van der Waals surface area (Å²) in [5.41, 5.74) is 2.73. The van der Waals surface area contributed by atoms with Crippen molar-refractivity contribution in [2.75, 3.05) is 10.9 Å². The molecule has 3 aromatic rings. The highest BCUT2D eigenvalue weighted by Crippen LogP contribution is 2.19. The SMILES string of the molecule is C=CS(=O)(=O)c1cccc(NN=c2c(=O)cc(C(=O)O)c(=NNc3cccc(C(=C)S(=O)O)c3)c2=O)c1. The van der Waals surface area contributed by atoms with E-state index in [1.165, 1.54) is 48.5 Å². The van der Waals surface area contributed by atoms with Crippen LogP contribution in [0.1, 0.15) is 15.9 Å². The van der Waals surface area contributed by atoms with Gasteiger partial charge in [0, 0.05) is 11.5 Å². The van der Waals surface area contributed by atoms with Gasteiger partial charge in [-0.25, -0.2) is 17.4 Å². The van der Waals surface area contributed by atoms with Crippen molar-refractivity contribution in [3.63, 3.8) is 0 Å². The van der Waals surface area contributed by atoms with Crippen molar-refractivity contribution in [2.45, 2.75) is 4.90 Å². The van der Waals surface area contributed by atoms with Gasteiger partial charge < -0.3 is 9.66 Å². The Labute approximate surface area is 211 Å². The van der Waals surface area contributed by atoms with Gasteiger partial charge in [0.1, 0.15) is 5.36 Å². The highest BCUT2D eigenvalue weighted by Gasteiger charge is 2.15. The average molecular weight is 543 g/mol. The van der Waals surface area contributed by atoms with Crippen molar-refractivity contribution < 1.29 is 27.1 Å². The van der Waals surface area contributed by atoms with Crippen molar-refractivity contribution in [2.24, 2.45) is 10.2 Å². The number of benzene rings is 3. The van der Waals surface area contributed by atoms with E-state index in [9.17, 15) is 36.7 Å². The van der Waals surface area contributed by atoms with Crippen molar-refractivity contribution >= 4 is 43.2 Å². The lowest BCUT2D eigenvalue weighted by Gasteiger charge is -2.05. The molecule has 0 saturated heterocycles. The number of aromatic carboxylic acids is 1. The van der Waals surface area contributed by atoms with Crippen LogP contribution < -0.4 is 32.4 Å². The Morgan fingerprint density at radius 1 is 0.973 bits per heavy atom. The summed E-state index contributed by atoms with van der Waals surface area (Å²) < 4.78 is 44.4. The Morgan fingerprint density at radius 3 is 2.16 bits per heavy atom. The monoisotopic (exact) mass is 542 g/mol. The van der Waals surface area contributed by atoms with Crippen molar-refractivity contribution in [1.29, 1.82) is 0 Å². The number of carboxylic acids is 1. The van der Waals surface area contributed by atoms with E-state index in [-0.39, 0.29) is 26.7 Å². The minimum absolute atomic E-state index is 0.0905. The molecule has 12 nitrogen and oxygen atoms in total. The molecule has 3 aromatic carbocycles. The first-order chi connectivity index (χ1) is 17.4. The van der Waals surface area contributed by atoms with Crippen LogP contribution in [0.3, 0.4) is 0 Å². The smallest absolute Gasteiger partial charge is 0.338 e. The van der Waals surface area contributed by atoms with Crippen LogP contribution in [0.4, 0.5) is 11.4 Å². The van der Waals surface area contributed by atoms with E-state index in [2.05, 4.69) is 34.2 Å². The third-order valence-corrected chi connectivity index (χ3v) is 6.80. The van der Waals surface area contributed by atoms with Gasteiger partial charge in [0.25, 0.3) is 0 Å². The van der Waals surface area contributed by atoms with Crippen molar-refractivity contribution in [1.82, 2.24) is 0 Å². The van der Waals surface area contributed by atoms with Crippen LogP contribution >= 0.6 is 0 Å². The fourth-order valence-electron chi connectivity index (χ4n) is 2.94. The van der Waals surface area contributed by atoms with E-state index < -0.39 is 54.0 Å². The van der Waals surface area contributed by atoms with Gasteiger partial charge in [-0.05, 0) is 35.9 Å². The first kappa shape index (κ1) is 27.1. The van der Waals surface area contributed by atoms with Crippen LogP contribution in [-0.2, 0) is 20.9 Å². The maximum Gasteiger partial charge on any atom is 0.338 e. The highest BCUT2D eigenvalue weighted by atomic mass is 32.2. The first-order valence-electron chi connectivity index (χ1n) is 10.0. The van der Waals surface area contributed by atoms with E-state index in [1.807, 2.05) is 0 Å². The molecule has 14 heteroatoms. The molecule has 1 atom stereocenters. The molecule has 1 unspecified atom stereocenters. The Bertz CT molecular complexity index is 1790. The minimum atomic E-state index is -3.75. The Hall–Kier alpha value is -4.53. The highest BCUT2D eigenvalue weighted by molar-refractivity contribution is 7.94. The molecule has 0 spiro atoms. The zero-order chi connectivity index (χ0) is 27.3. The van der Waals surface area contributed by atoms with Crippen LogP contribution in [0, 0.1) is 0 Å². The topological polar surface area (TPSA) is 192 Å². The molecule has 0 heterocycles. The number of hydrogen-bond donors (Lipinski definition) is 4. The normalized spacial score (nSPS) is 13.1. The lowest BCUT2D eigenvalue weighted by molar-refractivity contribution is 0.0694. The summed E-state index contributed by atoms with van der Waals surface area (Å²) in [4.78, 5) is 36.9. The zero-order valence-corrected chi connectivity index (χ0v) is 20.4. The van der Waals surface area contributed by atoms with Gasteiger partial charge in [0.05, 0.1) is 26.7 Å². The first-order valence-corrected chi connectivity index (χ1v) is 12.7. The van der Waals surface area contributed by atoms with Crippen molar-refractivity contribution in [3.8, 4) is 0 Å². The molecule has 0 radical (unpaired) electrons. The van der Waals surface area contributed by atoms with Crippen LogP contribution in [-0.4, -0.2) is 28.3 Å². The second-order valence-electron chi connectivity index (χ2n) is 7.19. The van der Waals surface area contributed by atoms with Gasteiger partial charge in [0.2, 0.25) is 10.9 Å². The van der Waals surface area contributed by atoms with Gasteiger partial charge in [-0.15, -0.1) is 0 Å². The van der Waals surface area contributed by atoms with Gasteiger partial charge in [0.15, 0.2) is 26.3 Å². The molecule has 0 aliphatic heterocycles. The predicted octanol–water partition coefficient (Wildman–Crippen LogP) is 0.946. The number of sulfone groups is 1. The molecule has 37 heavy (non-hydrogen) atoms. The largest absolute Gasteiger partial charge is 0.478 e. The molecule has 0 fully saturated rings. The van der Waals surface area contributed by atoms with E-state index in [4.69, 9.17) is 0 Å². The number of carboxylic acid groups (broad SMARTS) is 1. The second kappa shape index (κ2) is 11.0. The molecule has 0 saturated carbocycles. The Kier molecular flexibility index (Phi) is 8.07. The molecule has 0 bridgehead atoms. The minimum Gasteiger partial charge on any atom is -0.478 e. The maximum atomic E-state index is 13.0. The number of anilines is 2. The number of nitrogens with one attached hydrogen (secondary N) is 2. The summed E-state index contributed by atoms with van der Waals surface area (Å²) in [5, 5.41) is 16.5. The lowest BCUT2D eigenvalue weighted by atomic mass is 10.2. The number of rotatable bonds is 9. The molecule has 3 rings (SSSR count). The number of nitrogens with zero attached hydrogens (tertiary/aromatic N) is 2. The van der Waals surface area contributed by atoms with E-state index in [0.29, 0.717) is 6.07 Å². The van der Waals surface area contributed by atoms with Crippen LogP contribution in [0.2, 0.25) is 0 Å². The quantitative estimate of drug-likeness (QED) is 0.223. The molecule has 0 aliphatic carbocycles. The predicted molar refractivity (Wildman–Crippen MR) is 137 cm³/mol. The maximum absolute atomic E-state index is 13.0. The second-order valence-corrected chi connectivity index (χ2v) is 10.1. The molecule has 190 valence electrons. The molecule has 0 aliphatic rings. The summed E-state index contributed by atoms with van der Waals surface area (Å²) in [5.74, 6) is -1.59. The van der Waals surface area contributed by atoms with Crippen molar-refractivity contribution in [3.05, 3.63) is 115 Å². The molecule has 0 aromatic heterocycles. The standard InChI is InChI=1S/C23H18N4O8S2/c1-3-37(34,35)17-9-5-8-16(11-17)25-27-21-19(28)12-18(23(30)31)20(22(21)29)26-24-15-7-4-6-14(10-15)13(2)36(32)33/h3-12,24-25H,1-2H2,(H,30,31)(H,32,33). The fraction of sp³-hybridized carbons (Fsp3) is 0. The summed E-state index contributed by atoms with van der Waals surface area (Å²) >= 11 is -2.33. The van der Waals surface area contributed by atoms with E-state index in [0.717, 1.165) is 5.41 Å². The summed E-state index contributed by atoms with van der Waals surface area (Å²) in [6, 6.07) is 11.9. The average Bonchev–Trinajstić information content (AvgIpc) is 2.87. The summed E-state index contributed by atoms with van der Waals surface area (Å²) in [6.45, 7) is 6.74. The third-order valence-electron chi connectivity index (χ3n) is 4.80. The fourth-order valence-corrected chi connectivity index (χ4v) is 4.02. The summed E-state index contributed by atoms with van der Waals surface area (Å²) in [7, 11) is -3.75. The summed E-state index contributed by atoms with van der Waals surface area (Å²) in [6.07, 6.45) is 0. The lowest BCUT2D eigenvalue weighted by Crippen LogP contribution is -2.50. The molecule has 4 N–H and O–H groups in total. The van der Waals surface area contributed by atoms with Gasteiger partial charge in [-0.1, -0.05) is 31.4 Å². The number of hydrogen-bond acceptors (Lipinski definition) is 10. The molecular weight excluding hydrogens is 524 g/mol. The third kappa shape index (κ3) is 6.19. The van der Waals surface area contributed by atoms with E-state index in [1.54, 1.807) is 0 Å². The van der Waals surface area contributed by atoms with Crippen LogP contribution in [0.25, 0.3) is 4.91 Å². The van der Waals surface area contributed by atoms with Crippen LogP contribution in [0.15, 0.2) is 97.9 Å². The van der Waals surface area contributed by atoms with Gasteiger partial charge in [-0.2, -0.15) is 10.2 Å². The molecular formula is C23H18N4O8S2. The van der Waals surface area contributed by atoms with Gasteiger partial charge >= 0.3 is 5.97 Å². The number of carbonyl (C=O) groups is 1. The zero-order valence-electron chi connectivity index (χ0n) is 18.7.